The third kappa shape index (κ3) is 4.74. The predicted octanol–water partition coefficient (Wildman–Crippen LogP) is 3.68. The minimum atomic E-state index is -1.02. The average Bonchev–Trinajstić information content (AvgIpc) is 2.99. The number of aromatic nitrogens is 1. The Morgan fingerprint density at radius 1 is 1.10 bits per heavy atom. The first-order valence-electron chi connectivity index (χ1n) is 9.05. The molecule has 2 aromatic rings. The van der Waals surface area contributed by atoms with Gasteiger partial charge in [-0.2, -0.15) is 0 Å². The molecule has 1 heterocycles. The summed E-state index contributed by atoms with van der Waals surface area (Å²) in [6.45, 7) is 6.35. The van der Waals surface area contributed by atoms with Crippen LogP contribution in [0.2, 0.25) is 0 Å². The molecule has 29 heavy (non-hydrogen) atoms. The molecule has 1 aromatic carbocycles. The number of aryl methyl sites for hydroxylation is 1. The molecule has 0 aliphatic heterocycles. The van der Waals surface area contributed by atoms with Gasteiger partial charge in [0, 0.05) is 22.9 Å². The highest BCUT2D eigenvalue weighted by molar-refractivity contribution is 6.05. The van der Waals surface area contributed by atoms with Gasteiger partial charge >= 0.3 is 5.97 Å². The summed E-state index contributed by atoms with van der Waals surface area (Å²) in [4.78, 5) is 39.5. The van der Waals surface area contributed by atoms with Crippen molar-refractivity contribution in [2.75, 3.05) is 14.2 Å². The number of para-hydroxylation sites is 1. The van der Waals surface area contributed by atoms with Gasteiger partial charge in [0.05, 0.1) is 19.9 Å². The number of benzene rings is 1. The van der Waals surface area contributed by atoms with Crippen LogP contribution in [0.5, 0.6) is 11.5 Å². The van der Waals surface area contributed by atoms with E-state index in [1.54, 1.807) is 32.0 Å². The first kappa shape index (κ1) is 21.9. The Bertz CT molecular complexity index is 970. The molecule has 0 saturated carbocycles. The van der Waals surface area contributed by atoms with Crippen molar-refractivity contribution in [3.05, 3.63) is 52.4 Å². The molecule has 0 bridgehead atoms. The monoisotopic (exact) mass is 399 g/mol. The number of carbonyl (C=O) groups excluding carboxylic acids is 3. The number of nitrogens with one attached hydrogen (secondary N) is 1. The van der Waals surface area contributed by atoms with Crippen LogP contribution in [0, 0.1) is 13.8 Å². The fraction of sp³-hybridized carbons (Fsp3) is 0.318. The molecule has 154 valence electrons. The van der Waals surface area contributed by atoms with E-state index in [-0.39, 0.29) is 11.5 Å². The highest BCUT2D eigenvalue weighted by Crippen LogP contribution is 2.31. The Kier molecular flexibility index (Phi) is 6.98. The number of hydrogen-bond acceptors (Lipinski definition) is 6. The van der Waals surface area contributed by atoms with Crippen molar-refractivity contribution in [1.29, 1.82) is 0 Å². The maximum absolute atomic E-state index is 12.7. The average molecular weight is 399 g/mol. The van der Waals surface area contributed by atoms with Crippen LogP contribution < -0.4 is 9.47 Å². The molecular weight excluding hydrogens is 374 g/mol. The van der Waals surface area contributed by atoms with Gasteiger partial charge in [-0.15, -0.1) is 0 Å². The molecule has 0 aliphatic carbocycles. The molecule has 0 aliphatic rings. The summed E-state index contributed by atoms with van der Waals surface area (Å²) in [7, 11) is 3.03. The number of methoxy groups -OCH3 is 2. The molecule has 0 saturated heterocycles. The highest BCUT2D eigenvalue weighted by atomic mass is 16.5. The van der Waals surface area contributed by atoms with E-state index in [2.05, 4.69) is 4.98 Å². The number of Topliss-reactive ketones (excluding diaryl/α,β-unsaturated/α-hetero) is 2. The smallest absolute Gasteiger partial charge is 0.331 e. The summed E-state index contributed by atoms with van der Waals surface area (Å²) in [5, 5.41) is 0. The zero-order valence-electron chi connectivity index (χ0n) is 17.4. The Morgan fingerprint density at radius 2 is 1.79 bits per heavy atom. The molecule has 0 amide bonds. The molecule has 0 fully saturated rings. The SMILES string of the molecule is COc1cccc(/C=C/C(=O)O[C@H](C)C(=O)c2[nH]c(C)c(C(C)=O)c2C)c1OC. The van der Waals surface area contributed by atoms with Gasteiger partial charge in [0.2, 0.25) is 5.78 Å². The van der Waals surface area contributed by atoms with Gasteiger partial charge in [0.15, 0.2) is 23.4 Å². The maximum Gasteiger partial charge on any atom is 0.331 e. The Hall–Kier alpha value is -3.35. The normalized spacial score (nSPS) is 11.9. The van der Waals surface area contributed by atoms with E-state index in [0.717, 1.165) is 0 Å². The number of aromatic amines is 1. The number of ether oxygens (including phenoxy) is 3. The van der Waals surface area contributed by atoms with Crippen LogP contribution in [0.1, 0.15) is 51.5 Å². The van der Waals surface area contributed by atoms with E-state index in [0.29, 0.717) is 33.9 Å². The van der Waals surface area contributed by atoms with Crippen molar-refractivity contribution < 1.29 is 28.6 Å². The molecule has 1 atom stereocenters. The Morgan fingerprint density at radius 3 is 2.34 bits per heavy atom. The number of carbonyl (C=O) groups is 3. The fourth-order valence-corrected chi connectivity index (χ4v) is 3.20. The second kappa shape index (κ2) is 9.23. The lowest BCUT2D eigenvalue weighted by molar-refractivity contribution is -0.140. The molecular formula is C22H25NO6. The Balaban J connectivity index is 2.14. The molecule has 7 nitrogen and oxygen atoms in total. The number of H-pyrrole nitrogens is 1. The highest BCUT2D eigenvalue weighted by Gasteiger charge is 2.25. The lowest BCUT2D eigenvalue weighted by atomic mass is 10.0. The standard InChI is InChI=1S/C22H25NO6/c1-12-19(14(3)24)13(2)23-20(12)21(26)15(4)29-18(25)11-10-16-8-7-9-17(27-5)22(16)28-6/h7-11,15,23H,1-6H3/b11-10+/t15-/m1/s1. The van der Waals surface area contributed by atoms with Gasteiger partial charge in [0.1, 0.15) is 0 Å². The van der Waals surface area contributed by atoms with Crippen molar-refractivity contribution in [3.8, 4) is 11.5 Å². The van der Waals surface area contributed by atoms with Crippen molar-refractivity contribution in [1.82, 2.24) is 4.98 Å². The molecule has 0 unspecified atom stereocenters. The van der Waals surface area contributed by atoms with E-state index in [1.807, 2.05) is 0 Å². The predicted molar refractivity (Wildman–Crippen MR) is 109 cm³/mol. The third-order valence-electron chi connectivity index (χ3n) is 4.53. The zero-order chi connectivity index (χ0) is 21.7. The molecule has 1 N–H and O–H groups in total. The third-order valence-corrected chi connectivity index (χ3v) is 4.53. The van der Waals surface area contributed by atoms with Crippen LogP contribution in [-0.2, 0) is 9.53 Å². The molecule has 0 spiro atoms. The minimum absolute atomic E-state index is 0.130. The van der Waals surface area contributed by atoms with Crippen LogP contribution in [0.4, 0.5) is 0 Å². The van der Waals surface area contributed by atoms with Gasteiger partial charge in [-0.25, -0.2) is 4.79 Å². The summed E-state index contributed by atoms with van der Waals surface area (Å²) in [6, 6.07) is 5.26. The van der Waals surface area contributed by atoms with Gasteiger partial charge in [-0.3, -0.25) is 9.59 Å². The quantitative estimate of drug-likeness (QED) is 0.413. The van der Waals surface area contributed by atoms with Gasteiger partial charge < -0.3 is 19.2 Å². The molecule has 2 rings (SSSR count). The number of hydrogen-bond donors (Lipinski definition) is 1. The number of rotatable bonds is 8. The largest absolute Gasteiger partial charge is 0.493 e. The van der Waals surface area contributed by atoms with Crippen LogP contribution in [-0.4, -0.2) is 42.8 Å². The summed E-state index contributed by atoms with van der Waals surface area (Å²) in [5.74, 6) is -0.194. The van der Waals surface area contributed by atoms with Gasteiger partial charge in [-0.05, 0) is 45.4 Å². The van der Waals surface area contributed by atoms with Crippen molar-refractivity contribution in [3.63, 3.8) is 0 Å². The maximum atomic E-state index is 12.7. The molecule has 7 heteroatoms. The first-order valence-corrected chi connectivity index (χ1v) is 9.05. The summed E-state index contributed by atoms with van der Waals surface area (Å²) in [5.41, 5.74) is 2.55. The number of esters is 1. The van der Waals surface area contributed by atoms with Crippen molar-refractivity contribution in [2.45, 2.75) is 33.8 Å². The molecule has 0 radical (unpaired) electrons. The van der Waals surface area contributed by atoms with Crippen LogP contribution >= 0.6 is 0 Å². The van der Waals surface area contributed by atoms with Gasteiger partial charge in [-0.1, -0.05) is 12.1 Å². The lowest BCUT2D eigenvalue weighted by Crippen LogP contribution is -2.24. The van der Waals surface area contributed by atoms with Crippen molar-refractivity contribution >= 4 is 23.6 Å². The zero-order valence-corrected chi connectivity index (χ0v) is 17.4. The molecule has 1 aromatic heterocycles. The Labute approximate surface area is 169 Å². The van der Waals surface area contributed by atoms with Gasteiger partial charge in [0.25, 0.3) is 0 Å². The minimum Gasteiger partial charge on any atom is -0.493 e. The van der Waals surface area contributed by atoms with Crippen molar-refractivity contribution in [2.24, 2.45) is 0 Å². The first-order chi connectivity index (χ1) is 13.7. The van der Waals surface area contributed by atoms with E-state index in [1.165, 1.54) is 40.2 Å². The van der Waals surface area contributed by atoms with E-state index in [9.17, 15) is 14.4 Å². The summed E-state index contributed by atoms with van der Waals surface area (Å²) in [6.07, 6.45) is 1.73. The number of ketones is 2. The van der Waals surface area contributed by atoms with E-state index >= 15 is 0 Å². The summed E-state index contributed by atoms with van der Waals surface area (Å²) < 4.78 is 15.8. The second-order valence-electron chi connectivity index (χ2n) is 6.54. The van der Waals surface area contributed by atoms with Crippen LogP contribution in [0.15, 0.2) is 24.3 Å². The topological polar surface area (TPSA) is 94.7 Å². The van der Waals surface area contributed by atoms with E-state index < -0.39 is 17.9 Å². The fourth-order valence-electron chi connectivity index (χ4n) is 3.20. The lowest BCUT2D eigenvalue weighted by Gasteiger charge is -2.11. The van der Waals surface area contributed by atoms with E-state index in [4.69, 9.17) is 14.2 Å². The second-order valence-corrected chi connectivity index (χ2v) is 6.54. The van der Waals surface area contributed by atoms with Crippen LogP contribution in [0.3, 0.4) is 0 Å². The van der Waals surface area contributed by atoms with Crippen LogP contribution in [0.25, 0.3) is 6.08 Å². The summed E-state index contributed by atoms with van der Waals surface area (Å²) >= 11 is 0.